The number of aryl methyl sites for hydroxylation is 1. The topological polar surface area (TPSA) is 44.4 Å². The zero-order valence-corrected chi connectivity index (χ0v) is 13.6. The highest BCUT2D eigenvalue weighted by molar-refractivity contribution is 5.74. The van der Waals surface area contributed by atoms with Crippen molar-refractivity contribution in [2.24, 2.45) is 0 Å². The van der Waals surface area contributed by atoms with Gasteiger partial charge >= 0.3 is 6.03 Å². The first-order valence-electron chi connectivity index (χ1n) is 8.06. The number of amides is 2. The maximum Gasteiger partial charge on any atom is 0.315 e. The van der Waals surface area contributed by atoms with E-state index in [0.717, 1.165) is 32.5 Å². The quantitative estimate of drug-likeness (QED) is 0.821. The molecule has 2 rings (SSSR count). The van der Waals surface area contributed by atoms with Gasteiger partial charge in [0.15, 0.2) is 0 Å². The summed E-state index contributed by atoms with van der Waals surface area (Å²) in [6, 6.07) is 8.37. The summed E-state index contributed by atoms with van der Waals surface area (Å²) < 4.78 is 0. The van der Waals surface area contributed by atoms with Crippen LogP contribution in [0.25, 0.3) is 0 Å². The smallest absolute Gasteiger partial charge is 0.315 e. The van der Waals surface area contributed by atoms with E-state index >= 15 is 0 Å². The van der Waals surface area contributed by atoms with Gasteiger partial charge in [0.1, 0.15) is 0 Å². The van der Waals surface area contributed by atoms with E-state index in [-0.39, 0.29) is 18.1 Å². The Hall–Kier alpha value is -1.81. The fourth-order valence-electron chi connectivity index (χ4n) is 3.02. The molecular formula is C18H27N3O. The fraction of sp³-hybridized carbons (Fsp3) is 0.500. The van der Waals surface area contributed by atoms with Gasteiger partial charge in [-0.1, -0.05) is 30.3 Å². The van der Waals surface area contributed by atoms with E-state index in [9.17, 15) is 4.79 Å². The Bertz CT molecular complexity index is 507. The molecule has 0 spiro atoms. The second kappa shape index (κ2) is 7.99. The average Bonchev–Trinajstić information content (AvgIpc) is 2.50. The van der Waals surface area contributed by atoms with Crippen LogP contribution in [0.15, 0.2) is 36.9 Å². The number of nitrogens with zero attached hydrogens (tertiary/aromatic N) is 1. The van der Waals surface area contributed by atoms with Crippen molar-refractivity contribution in [2.45, 2.75) is 38.8 Å². The molecule has 1 fully saturated rings. The third-order valence-corrected chi connectivity index (χ3v) is 4.31. The number of carbonyl (C=O) groups is 1. The Morgan fingerprint density at radius 3 is 2.73 bits per heavy atom. The van der Waals surface area contributed by atoms with Crippen LogP contribution in [0.5, 0.6) is 0 Å². The molecule has 0 saturated carbocycles. The number of urea groups is 1. The van der Waals surface area contributed by atoms with Crippen LogP contribution in [0, 0.1) is 6.92 Å². The molecule has 1 saturated heterocycles. The normalized spacial score (nSPS) is 17.7. The monoisotopic (exact) mass is 301 g/mol. The number of piperidine rings is 1. The van der Waals surface area contributed by atoms with Crippen LogP contribution in [-0.4, -0.2) is 36.6 Å². The summed E-state index contributed by atoms with van der Waals surface area (Å²) >= 11 is 0. The summed E-state index contributed by atoms with van der Waals surface area (Å²) in [4.78, 5) is 14.5. The Morgan fingerprint density at radius 1 is 1.41 bits per heavy atom. The van der Waals surface area contributed by atoms with Gasteiger partial charge in [0.05, 0.1) is 6.04 Å². The van der Waals surface area contributed by atoms with Crippen molar-refractivity contribution in [1.29, 1.82) is 0 Å². The molecule has 1 aliphatic rings. The summed E-state index contributed by atoms with van der Waals surface area (Å²) in [5.41, 5.74) is 2.37. The van der Waals surface area contributed by atoms with Gasteiger partial charge in [-0.15, -0.1) is 6.58 Å². The number of benzene rings is 1. The minimum Gasteiger partial charge on any atom is -0.335 e. The van der Waals surface area contributed by atoms with Crippen molar-refractivity contribution in [3.63, 3.8) is 0 Å². The lowest BCUT2D eigenvalue weighted by molar-refractivity contribution is 0.202. The molecule has 4 heteroatoms. The lowest BCUT2D eigenvalue weighted by atomic mass is 10.0. The highest BCUT2D eigenvalue weighted by Crippen LogP contribution is 2.16. The maximum absolute atomic E-state index is 12.2. The predicted molar refractivity (Wildman–Crippen MR) is 90.9 cm³/mol. The molecule has 1 atom stereocenters. The summed E-state index contributed by atoms with van der Waals surface area (Å²) in [5, 5.41) is 6.14. The largest absolute Gasteiger partial charge is 0.335 e. The van der Waals surface area contributed by atoms with Crippen molar-refractivity contribution in [3.05, 3.63) is 48.0 Å². The second-order valence-electron chi connectivity index (χ2n) is 6.06. The Kier molecular flexibility index (Phi) is 6.01. The molecule has 22 heavy (non-hydrogen) atoms. The van der Waals surface area contributed by atoms with Crippen LogP contribution in [0.4, 0.5) is 4.79 Å². The first-order chi connectivity index (χ1) is 10.6. The molecule has 4 nitrogen and oxygen atoms in total. The lowest BCUT2D eigenvalue weighted by Gasteiger charge is -2.31. The van der Waals surface area contributed by atoms with Gasteiger partial charge in [0.25, 0.3) is 0 Å². The van der Waals surface area contributed by atoms with Crippen LogP contribution >= 0.6 is 0 Å². The van der Waals surface area contributed by atoms with E-state index in [0.29, 0.717) is 0 Å². The van der Waals surface area contributed by atoms with E-state index in [1.165, 1.54) is 11.1 Å². The van der Waals surface area contributed by atoms with Crippen LogP contribution in [0.1, 0.15) is 36.9 Å². The lowest BCUT2D eigenvalue weighted by Crippen LogP contribution is -2.48. The van der Waals surface area contributed by atoms with Crippen LogP contribution in [0.3, 0.4) is 0 Å². The SMILES string of the molecule is C=CCN1CCC(NC(=O)NC(C)c2ccccc2C)CC1. The van der Waals surface area contributed by atoms with Crippen molar-refractivity contribution >= 4 is 6.03 Å². The molecule has 0 aliphatic carbocycles. The van der Waals surface area contributed by atoms with Gasteiger partial charge in [-0.25, -0.2) is 4.79 Å². The van der Waals surface area contributed by atoms with Crippen molar-refractivity contribution in [3.8, 4) is 0 Å². The Labute approximate surface area is 133 Å². The van der Waals surface area contributed by atoms with Gasteiger partial charge in [-0.3, -0.25) is 4.90 Å². The minimum absolute atomic E-state index is 0.0158. The van der Waals surface area contributed by atoms with E-state index in [2.05, 4.69) is 41.2 Å². The van der Waals surface area contributed by atoms with Gasteiger partial charge < -0.3 is 10.6 Å². The standard InChI is InChI=1S/C18H27N3O/c1-4-11-21-12-9-16(10-13-21)20-18(22)19-15(3)17-8-6-5-7-14(17)2/h4-8,15-16H,1,9-13H2,2-3H3,(H2,19,20,22). The zero-order chi connectivity index (χ0) is 15.9. The maximum atomic E-state index is 12.2. The van der Waals surface area contributed by atoms with E-state index in [1.54, 1.807) is 0 Å². The Morgan fingerprint density at radius 2 is 2.09 bits per heavy atom. The first-order valence-corrected chi connectivity index (χ1v) is 8.06. The second-order valence-corrected chi connectivity index (χ2v) is 6.06. The first kappa shape index (κ1) is 16.6. The molecule has 1 aliphatic heterocycles. The molecule has 2 N–H and O–H groups in total. The third-order valence-electron chi connectivity index (χ3n) is 4.31. The van der Waals surface area contributed by atoms with Crippen LogP contribution in [-0.2, 0) is 0 Å². The van der Waals surface area contributed by atoms with Crippen LogP contribution < -0.4 is 10.6 Å². The third kappa shape index (κ3) is 4.60. The molecule has 1 unspecified atom stereocenters. The number of nitrogens with one attached hydrogen (secondary N) is 2. The van der Waals surface area contributed by atoms with Crippen molar-refractivity contribution in [2.75, 3.05) is 19.6 Å². The fourth-order valence-corrected chi connectivity index (χ4v) is 3.02. The summed E-state index contributed by atoms with van der Waals surface area (Å²) in [7, 11) is 0. The molecule has 120 valence electrons. The Balaban J connectivity index is 1.79. The van der Waals surface area contributed by atoms with E-state index < -0.39 is 0 Å². The highest BCUT2D eigenvalue weighted by atomic mass is 16.2. The van der Waals surface area contributed by atoms with Crippen molar-refractivity contribution in [1.82, 2.24) is 15.5 Å². The molecular weight excluding hydrogens is 274 g/mol. The number of carbonyl (C=O) groups excluding carboxylic acids is 1. The van der Waals surface area contributed by atoms with Gasteiger partial charge in [-0.2, -0.15) is 0 Å². The van der Waals surface area contributed by atoms with E-state index in [1.807, 2.05) is 25.1 Å². The molecule has 0 aromatic heterocycles. The summed E-state index contributed by atoms with van der Waals surface area (Å²) in [6.07, 6.45) is 3.93. The van der Waals surface area contributed by atoms with Crippen molar-refractivity contribution < 1.29 is 4.79 Å². The van der Waals surface area contributed by atoms with E-state index in [4.69, 9.17) is 0 Å². The van der Waals surface area contributed by atoms with Gasteiger partial charge in [0, 0.05) is 25.7 Å². The molecule has 0 bridgehead atoms. The molecule has 1 aromatic rings. The number of hydrogen-bond acceptors (Lipinski definition) is 2. The minimum atomic E-state index is -0.0714. The van der Waals surface area contributed by atoms with Gasteiger partial charge in [0.2, 0.25) is 0 Å². The number of likely N-dealkylation sites (tertiary alicyclic amines) is 1. The molecule has 1 aromatic carbocycles. The number of hydrogen-bond donors (Lipinski definition) is 2. The average molecular weight is 301 g/mol. The number of rotatable bonds is 5. The van der Waals surface area contributed by atoms with Gasteiger partial charge in [-0.05, 0) is 37.8 Å². The van der Waals surface area contributed by atoms with Crippen LogP contribution in [0.2, 0.25) is 0 Å². The zero-order valence-electron chi connectivity index (χ0n) is 13.6. The summed E-state index contributed by atoms with van der Waals surface area (Å²) in [6.45, 7) is 10.8. The summed E-state index contributed by atoms with van der Waals surface area (Å²) in [5.74, 6) is 0. The molecule has 2 amide bonds. The molecule has 0 radical (unpaired) electrons. The molecule has 1 heterocycles. The highest BCUT2D eigenvalue weighted by Gasteiger charge is 2.20. The predicted octanol–water partition coefficient (Wildman–Crippen LogP) is 3.01.